The highest BCUT2D eigenvalue weighted by Gasteiger charge is 2.56. The second kappa shape index (κ2) is 8.97. The number of aromatic nitrogens is 1. The van der Waals surface area contributed by atoms with Gasteiger partial charge in [-0.25, -0.2) is 9.78 Å². The molecule has 2 heterocycles. The molecule has 0 spiro atoms. The lowest BCUT2D eigenvalue weighted by atomic mass is 9.47. The van der Waals surface area contributed by atoms with Crippen LogP contribution in [0.15, 0.2) is 29.0 Å². The van der Waals surface area contributed by atoms with Crippen molar-refractivity contribution in [3.05, 3.63) is 45.2 Å². The number of nitrogens with zero attached hydrogens (tertiary/aromatic N) is 1. The lowest BCUT2D eigenvalue weighted by Crippen LogP contribution is -2.59. The Balaban J connectivity index is 1.27. The fourth-order valence-electron chi connectivity index (χ4n) is 7.21. The molecular formula is C26H25F3N2O4S2. The SMILES string of the molecule is O=C(NC(C(=O)O)C12CC3CC(CC(C3)C1)C2)c1ccc2sccc2c1OCc1nc(C(F)(F)F)cs1. The van der Waals surface area contributed by atoms with Crippen molar-refractivity contribution in [2.45, 2.75) is 57.3 Å². The molecule has 2 aromatic heterocycles. The fraction of sp³-hybridized carbons (Fsp3) is 0.500. The van der Waals surface area contributed by atoms with Gasteiger partial charge < -0.3 is 15.2 Å². The molecule has 1 atom stereocenters. The maximum Gasteiger partial charge on any atom is 0.434 e. The van der Waals surface area contributed by atoms with E-state index < -0.39 is 35.2 Å². The summed E-state index contributed by atoms with van der Waals surface area (Å²) in [6.45, 7) is -0.243. The summed E-state index contributed by atoms with van der Waals surface area (Å²) in [7, 11) is 0. The Kier molecular flexibility index (Phi) is 5.98. The third-order valence-corrected chi connectivity index (χ3v) is 9.94. The molecule has 4 saturated carbocycles. The maximum atomic E-state index is 13.6. The number of thiazole rings is 1. The van der Waals surface area contributed by atoms with E-state index in [1.807, 2.05) is 5.38 Å². The van der Waals surface area contributed by atoms with Gasteiger partial charge in [-0.15, -0.1) is 22.7 Å². The van der Waals surface area contributed by atoms with Crippen molar-refractivity contribution in [1.29, 1.82) is 0 Å². The fourth-order valence-corrected chi connectivity index (χ4v) is 8.71. The van der Waals surface area contributed by atoms with Crippen molar-refractivity contribution < 1.29 is 32.6 Å². The number of carbonyl (C=O) groups is 2. The number of carbonyl (C=O) groups excluding carboxylic acids is 1. The Morgan fingerprint density at radius 3 is 2.38 bits per heavy atom. The van der Waals surface area contributed by atoms with Gasteiger partial charge in [0, 0.05) is 20.9 Å². The molecule has 1 amide bonds. The van der Waals surface area contributed by atoms with E-state index in [4.69, 9.17) is 4.74 Å². The number of halogens is 3. The molecule has 1 unspecified atom stereocenters. The third kappa shape index (κ3) is 4.50. The third-order valence-electron chi connectivity index (χ3n) is 8.23. The second-order valence-corrected chi connectivity index (χ2v) is 12.6. The average molecular weight is 551 g/mol. The highest BCUT2D eigenvalue weighted by molar-refractivity contribution is 7.17. The summed E-state index contributed by atoms with van der Waals surface area (Å²) < 4.78 is 45.6. The standard InChI is InChI=1S/C26H25F3N2O4S2/c27-26(28,29)19-12-37-20(30-19)11-35-21-16-3-4-36-18(16)2-1-17(21)23(32)31-22(24(33)34)25-8-13-5-14(9-25)7-15(6-13)10-25/h1-4,12-15,22H,5-11H2,(H,31,32)(H,33,34). The van der Waals surface area contributed by atoms with Gasteiger partial charge >= 0.3 is 12.1 Å². The van der Waals surface area contributed by atoms with Gasteiger partial charge in [-0.05, 0) is 79.9 Å². The summed E-state index contributed by atoms with van der Waals surface area (Å²) in [6, 6.07) is 4.13. The van der Waals surface area contributed by atoms with Crippen LogP contribution >= 0.6 is 22.7 Å². The van der Waals surface area contributed by atoms with Crippen molar-refractivity contribution in [2.75, 3.05) is 0 Å². The van der Waals surface area contributed by atoms with Crippen molar-refractivity contribution >= 4 is 44.6 Å². The summed E-state index contributed by atoms with van der Waals surface area (Å²) in [4.78, 5) is 29.7. The van der Waals surface area contributed by atoms with Crippen LogP contribution < -0.4 is 10.1 Å². The highest BCUT2D eigenvalue weighted by atomic mass is 32.1. The molecule has 4 aliphatic rings. The molecule has 3 aromatic rings. The molecule has 2 N–H and O–H groups in total. The van der Waals surface area contributed by atoms with Crippen LogP contribution in [0.1, 0.15) is 59.6 Å². The van der Waals surface area contributed by atoms with Crippen molar-refractivity contribution in [3.8, 4) is 5.75 Å². The molecule has 196 valence electrons. The quantitative estimate of drug-likeness (QED) is 0.358. The summed E-state index contributed by atoms with van der Waals surface area (Å²) in [5.41, 5.74) is -1.27. The minimum absolute atomic E-state index is 0.128. The van der Waals surface area contributed by atoms with Crippen LogP contribution in [-0.2, 0) is 17.6 Å². The number of alkyl halides is 3. The van der Waals surface area contributed by atoms with Gasteiger partial charge in [0.15, 0.2) is 5.69 Å². The number of rotatable bonds is 7. The molecule has 0 radical (unpaired) electrons. The Hall–Kier alpha value is -2.66. The lowest BCUT2D eigenvalue weighted by Gasteiger charge is -2.58. The van der Waals surface area contributed by atoms with E-state index in [0.717, 1.165) is 59.9 Å². The number of hydrogen-bond donors (Lipinski definition) is 2. The summed E-state index contributed by atoms with van der Waals surface area (Å²) in [5.74, 6) is 0.190. The number of amides is 1. The molecule has 37 heavy (non-hydrogen) atoms. The summed E-state index contributed by atoms with van der Waals surface area (Å²) >= 11 is 2.27. The van der Waals surface area contributed by atoms with Crippen LogP contribution in [0.2, 0.25) is 0 Å². The molecule has 11 heteroatoms. The van der Waals surface area contributed by atoms with Crippen molar-refractivity contribution in [3.63, 3.8) is 0 Å². The molecule has 4 fully saturated rings. The zero-order valence-electron chi connectivity index (χ0n) is 19.7. The van der Waals surface area contributed by atoms with E-state index >= 15 is 0 Å². The monoisotopic (exact) mass is 550 g/mol. The number of aliphatic carboxylic acids is 1. The van der Waals surface area contributed by atoms with E-state index in [1.165, 1.54) is 11.3 Å². The zero-order valence-corrected chi connectivity index (χ0v) is 21.3. The number of nitrogens with one attached hydrogen (secondary N) is 1. The van der Waals surface area contributed by atoms with Crippen molar-refractivity contribution in [2.24, 2.45) is 23.2 Å². The molecule has 0 saturated heterocycles. The first-order valence-electron chi connectivity index (χ1n) is 12.3. The minimum atomic E-state index is -4.55. The van der Waals surface area contributed by atoms with Crippen LogP contribution in [0.4, 0.5) is 13.2 Å². The van der Waals surface area contributed by atoms with Gasteiger partial charge in [-0.2, -0.15) is 13.2 Å². The first-order valence-corrected chi connectivity index (χ1v) is 14.1. The van der Waals surface area contributed by atoms with Gasteiger partial charge in [0.25, 0.3) is 5.91 Å². The normalized spacial score (nSPS) is 27.4. The number of carboxylic acid groups (broad SMARTS) is 1. The molecule has 7 rings (SSSR count). The van der Waals surface area contributed by atoms with Gasteiger partial charge in [-0.1, -0.05) is 0 Å². The van der Waals surface area contributed by atoms with Gasteiger partial charge in [0.2, 0.25) is 0 Å². The van der Waals surface area contributed by atoms with Gasteiger partial charge in [0.05, 0.1) is 5.56 Å². The van der Waals surface area contributed by atoms with Crippen LogP contribution in [0.5, 0.6) is 5.75 Å². The van der Waals surface area contributed by atoms with Crippen LogP contribution in [0.3, 0.4) is 0 Å². The lowest BCUT2D eigenvalue weighted by molar-refractivity contribution is -0.150. The summed E-state index contributed by atoms with van der Waals surface area (Å²) in [5, 5.41) is 16.6. The maximum absolute atomic E-state index is 13.6. The first-order chi connectivity index (χ1) is 17.6. The molecule has 1 aromatic carbocycles. The van der Waals surface area contributed by atoms with E-state index in [-0.39, 0.29) is 22.9 Å². The van der Waals surface area contributed by atoms with Crippen LogP contribution in [0.25, 0.3) is 10.1 Å². The summed E-state index contributed by atoms with van der Waals surface area (Å²) in [6.07, 6.45) is 1.35. The van der Waals surface area contributed by atoms with Crippen LogP contribution in [-0.4, -0.2) is 28.0 Å². The minimum Gasteiger partial charge on any atom is -0.485 e. The molecule has 0 aliphatic heterocycles. The highest BCUT2D eigenvalue weighted by Crippen LogP contribution is 2.61. The van der Waals surface area contributed by atoms with Gasteiger partial charge in [0.1, 0.15) is 23.4 Å². The number of benzene rings is 1. The zero-order chi connectivity index (χ0) is 25.9. The number of ether oxygens (including phenoxy) is 1. The Labute approximate surface area is 218 Å². The molecule has 4 aliphatic carbocycles. The first kappa shape index (κ1) is 24.7. The molecule has 6 nitrogen and oxygen atoms in total. The average Bonchev–Trinajstić information content (AvgIpc) is 3.49. The second-order valence-electron chi connectivity index (χ2n) is 10.7. The van der Waals surface area contributed by atoms with E-state index in [9.17, 15) is 27.9 Å². The smallest absolute Gasteiger partial charge is 0.434 e. The topological polar surface area (TPSA) is 88.5 Å². The Morgan fingerprint density at radius 2 is 1.78 bits per heavy atom. The largest absolute Gasteiger partial charge is 0.485 e. The van der Waals surface area contributed by atoms with Gasteiger partial charge in [-0.3, -0.25) is 4.79 Å². The van der Waals surface area contributed by atoms with E-state index in [2.05, 4.69) is 10.3 Å². The number of carboxylic acids is 1. The predicted molar refractivity (Wildman–Crippen MR) is 133 cm³/mol. The Bertz CT molecular complexity index is 1330. The van der Waals surface area contributed by atoms with E-state index in [0.29, 0.717) is 23.1 Å². The predicted octanol–water partition coefficient (Wildman–Crippen LogP) is 6.36. The van der Waals surface area contributed by atoms with Crippen molar-refractivity contribution in [1.82, 2.24) is 10.3 Å². The Morgan fingerprint density at radius 1 is 1.11 bits per heavy atom. The number of hydrogen-bond acceptors (Lipinski definition) is 6. The van der Waals surface area contributed by atoms with Crippen LogP contribution in [0, 0.1) is 23.2 Å². The van der Waals surface area contributed by atoms with E-state index in [1.54, 1.807) is 18.2 Å². The number of fused-ring (bicyclic) bond motifs is 1. The molecule has 4 bridgehead atoms. The molecular weight excluding hydrogens is 525 g/mol. The number of thiophene rings is 1.